The molecule has 0 atom stereocenters. The van der Waals surface area contributed by atoms with Crippen LogP contribution in [0.25, 0.3) is 0 Å². The van der Waals surface area contributed by atoms with Gasteiger partial charge in [0.15, 0.2) is 15.5 Å². The van der Waals surface area contributed by atoms with Gasteiger partial charge in [0.05, 0.1) is 118 Å². The van der Waals surface area contributed by atoms with Crippen LogP contribution in [0.4, 0.5) is 101 Å². The molecule has 17 rings (SSSR count). The highest BCUT2D eigenvalue weighted by molar-refractivity contribution is 7.91. The van der Waals surface area contributed by atoms with Crippen molar-refractivity contribution in [1.82, 2.24) is 65.8 Å². The van der Waals surface area contributed by atoms with Crippen molar-refractivity contribution in [2.45, 2.75) is 199 Å². The number of carbonyl (C=O) groups excluding carboxylic acids is 4. The number of sulfone groups is 1. The van der Waals surface area contributed by atoms with E-state index in [4.69, 9.17) is 0 Å². The first-order chi connectivity index (χ1) is 61.0. The van der Waals surface area contributed by atoms with Gasteiger partial charge in [0.25, 0.3) is 0 Å². The van der Waals surface area contributed by atoms with Crippen molar-refractivity contribution in [3.63, 3.8) is 0 Å². The van der Waals surface area contributed by atoms with Crippen LogP contribution in [0.5, 0.6) is 0 Å². The first-order valence-corrected chi connectivity index (χ1v) is 46.9. The second-order valence-electron chi connectivity index (χ2n) is 37.2. The van der Waals surface area contributed by atoms with Crippen molar-refractivity contribution < 1.29 is 80.3 Å². The third-order valence-corrected chi connectivity index (χ3v) is 32.4. The molecule has 9 fully saturated rings. The van der Waals surface area contributed by atoms with Crippen LogP contribution in [0.1, 0.15) is 163 Å². The average molecular weight is 1880 g/mol. The minimum atomic E-state index is -4.83. The number of aryl methyl sites for hydroxylation is 3. The van der Waals surface area contributed by atoms with Gasteiger partial charge in [-0.25, -0.2) is 52.5 Å². The van der Waals surface area contributed by atoms with Gasteiger partial charge in [0.1, 0.15) is 17.1 Å². The second kappa shape index (κ2) is 36.3. The molecule has 5 saturated heterocycles. The van der Waals surface area contributed by atoms with Crippen molar-refractivity contribution in [2.24, 2.45) is 0 Å². The molecule has 4 spiro atoms. The Morgan fingerprint density at radius 3 is 1.02 bits per heavy atom. The van der Waals surface area contributed by atoms with Crippen LogP contribution in [0.15, 0.2) is 139 Å². The van der Waals surface area contributed by atoms with Crippen molar-refractivity contribution >= 4 is 85.3 Å². The minimum absolute atomic E-state index is 0.0105. The molecule has 39 heteroatoms. The van der Waals surface area contributed by atoms with Gasteiger partial charge < -0.3 is 31.1 Å². The molecule has 0 unspecified atom stereocenters. The number of thiophene rings is 2. The fourth-order valence-electron chi connectivity index (χ4n) is 20.6. The normalized spacial score (nSPS) is 27.1. The lowest BCUT2D eigenvalue weighted by molar-refractivity contribution is -0.142. The Kier molecular flexibility index (Phi) is 26.9. The SMILES string of the molecule is CN(C)C1(c2ccccc2)CCC2(CC1)CN(c1cnc(N3CCS(=O)(=O)CC3)nc1C(F)(F)F)C(=O)N2.Cc1cc(C(F)(F)F)ncc1N1CC2(CCC(Cc3ccccc3)(N(C)C)CC2)NC1=O.Cc1cc(C(F)(F)F)ncc1N1CC2(CCC(c3cccs3)(N(C)C)CC2)NC1=O.Cc1cc(C(F)(F)F)ncc1N1CC2(CCC(c3cccs3)(N(C)C)CC2)NC1=O. The van der Waals surface area contributed by atoms with E-state index in [2.05, 4.69) is 179 Å². The first-order valence-electron chi connectivity index (χ1n) is 43.3. The van der Waals surface area contributed by atoms with Crippen LogP contribution in [0.3, 0.4) is 0 Å². The third-order valence-electron chi connectivity index (χ3n) is 28.7. The average Bonchev–Trinajstić information content (AvgIpc) is 1.60. The highest BCUT2D eigenvalue weighted by atomic mass is 32.2. The molecule has 0 radical (unpaired) electrons. The van der Waals surface area contributed by atoms with Crippen LogP contribution in [-0.4, -0.2) is 212 Å². The number of nitrogens with one attached hydrogen (secondary N) is 4. The quantitative estimate of drug-likeness (QED) is 0.0740. The molecule has 9 aliphatic rings. The van der Waals surface area contributed by atoms with E-state index in [1.165, 1.54) is 41.8 Å². The summed E-state index contributed by atoms with van der Waals surface area (Å²) in [6.45, 7) is 6.18. The maximum Gasteiger partial charge on any atom is 0.435 e. The van der Waals surface area contributed by atoms with E-state index < -0.39 is 74.6 Å². The molecule has 4 N–H and O–H groups in total. The van der Waals surface area contributed by atoms with Crippen molar-refractivity contribution in [1.29, 1.82) is 0 Å². The number of aromatic nitrogens is 5. The Balaban J connectivity index is 0.000000140. The number of hydrogen-bond donors (Lipinski definition) is 4. The number of benzene rings is 2. The summed E-state index contributed by atoms with van der Waals surface area (Å²) in [5.74, 6) is -0.538. The molecule has 24 nitrogen and oxygen atoms in total. The number of nitrogens with zero attached hydrogens (tertiary/aromatic N) is 14. The van der Waals surface area contributed by atoms with Crippen LogP contribution in [0.2, 0.25) is 0 Å². The Hall–Kier alpha value is -9.80. The predicted octanol–water partition coefficient (Wildman–Crippen LogP) is 17.4. The summed E-state index contributed by atoms with van der Waals surface area (Å²) in [6.07, 6.45) is 0.0939. The van der Waals surface area contributed by atoms with Crippen LogP contribution in [-0.2, 0) is 57.6 Å². The lowest BCUT2D eigenvalue weighted by atomic mass is 9.69. The van der Waals surface area contributed by atoms with Crippen LogP contribution in [0, 0.1) is 20.8 Å². The molecule has 2 aromatic carbocycles. The molecule has 702 valence electrons. The topological polar surface area (TPSA) is 244 Å². The summed E-state index contributed by atoms with van der Waals surface area (Å²) in [4.78, 5) is 88.8. The van der Waals surface area contributed by atoms with E-state index in [0.29, 0.717) is 66.2 Å². The minimum Gasteiger partial charge on any atom is -0.339 e. The maximum atomic E-state index is 14.1. The molecule has 0 bridgehead atoms. The lowest BCUT2D eigenvalue weighted by Gasteiger charge is -2.48. The van der Waals surface area contributed by atoms with Gasteiger partial charge in [-0.3, -0.25) is 34.3 Å². The number of alkyl halides is 12. The molecule has 130 heavy (non-hydrogen) atoms. The zero-order chi connectivity index (χ0) is 94.0. The van der Waals surface area contributed by atoms with Crippen LogP contribution >= 0.6 is 22.7 Å². The largest absolute Gasteiger partial charge is 0.435 e. The highest BCUT2D eigenvalue weighted by Crippen LogP contribution is 2.53. The molecular formula is C91H110F12N18O6S3. The van der Waals surface area contributed by atoms with Gasteiger partial charge in [-0.1, -0.05) is 72.8 Å². The van der Waals surface area contributed by atoms with Gasteiger partial charge in [0, 0.05) is 33.9 Å². The number of halogens is 12. The lowest BCUT2D eigenvalue weighted by Crippen LogP contribution is -2.56. The third kappa shape index (κ3) is 19.7. The monoisotopic (exact) mass is 1870 g/mol. The van der Waals surface area contributed by atoms with Gasteiger partial charge in [-0.2, -0.15) is 52.7 Å². The summed E-state index contributed by atoms with van der Waals surface area (Å²) in [5.41, 5.74) is -1.59. The van der Waals surface area contributed by atoms with E-state index in [0.717, 1.165) is 138 Å². The Bertz CT molecular complexity index is 5330. The first kappa shape index (κ1) is 96.3. The summed E-state index contributed by atoms with van der Waals surface area (Å²) < 4.78 is 182. The zero-order valence-corrected chi connectivity index (χ0v) is 76.9. The molecule has 4 aliphatic carbocycles. The van der Waals surface area contributed by atoms with Gasteiger partial charge in [-0.05, 0) is 255 Å². The number of urea groups is 4. The van der Waals surface area contributed by atoms with E-state index >= 15 is 0 Å². The van der Waals surface area contributed by atoms with E-state index in [1.807, 2.05) is 38.4 Å². The second-order valence-corrected chi connectivity index (χ2v) is 41.4. The molecule has 5 aliphatic heterocycles. The zero-order valence-electron chi connectivity index (χ0n) is 74.4. The molecular weight excluding hydrogens is 1770 g/mol. The fraction of sp³-hybridized carbons (Fsp3) is 0.527. The highest BCUT2D eigenvalue weighted by Gasteiger charge is 2.57. The van der Waals surface area contributed by atoms with Crippen molar-refractivity contribution in [2.75, 3.05) is 132 Å². The van der Waals surface area contributed by atoms with Gasteiger partial charge >= 0.3 is 48.8 Å². The van der Waals surface area contributed by atoms with Crippen LogP contribution < -0.4 is 45.8 Å². The smallest absolute Gasteiger partial charge is 0.339 e. The predicted molar refractivity (Wildman–Crippen MR) is 476 cm³/mol. The van der Waals surface area contributed by atoms with Gasteiger partial charge in [-0.15, -0.1) is 22.7 Å². The number of pyridine rings is 3. The molecule has 6 aromatic heterocycles. The summed E-state index contributed by atoms with van der Waals surface area (Å²) >= 11 is 3.50. The summed E-state index contributed by atoms with van der Waals surface area (Å²) in [6, 6.07) is 30.6. The molecule has 8 aromatic rings. The maximum absolute atomic E-state index is 14.1. The summed E-state index contributed by atoms with van der Waals surface area (Å²) in [7, 11) is 13.4. The molecule has 11 heterocycles. The number of hydrogen-bond acceptors (Lipinski definition) is 18. The number of anilines is 5. The molecule has 8 amide bonds. The number of rotatable bonds is 14. The van der Waals surface area contributed by atoms with E-state index in [-0.39, 0.29) is 94.0 Å². The summed E-state index contributed by atoms with van der Waals surface area (Å²) in [5, 5.41) is 16.6. The van der Waals surface area contributed by atoms with Crippen molar-refractivity contribution in [3.05, 3.63) is 199 Å². The molecule has 4 saturated carbocycles. The standard InChI is InChI=1S/C25H31F3N6O3S.C24H29F3N4O.2C21H25F3N4OS/c1-32(2)24(18-6-4-3-5-7-18)10-8-23(9-11-24)17-34(22(35)31-23)19-16-29-21(30-20(19)25(26,27)28)33-12-14-38(36,37)15-13-33;1-17-13-20(24(25,26)27)28-15-19(17)31-16-22(29-21(31)32)9-11-23(12-10-22,30(2)3)14-18-7-5-4-6-8-18;2*1-14-11-16(21(22,23)24)25-12-15(14)28-13-19(26-18(28)29)6-8-20(9-7-19,27(2)3)17-5-4-10-30-17/h3-7,16H,8-15,17H2,1-2H3,(H,31,35);4-8,13,15H,9-12,14,16H2,1-3H3,(H,29,32);2*4-5,10-12H,6-9,13H2,1-3H3,(H,26,29). The van der Waals surface area contributed by atoms with E-state index in [1.54, 1.807) is 48.3 Å². The van der Waals surface area contributed by atoms with Gasteiger partial charge in [0.2, 0.25) is 5.95 Å². The van der Waals surface area contributed by atoms with E-state index in [9.17, 15) is 80.3 Å². The number of amides is 8. The Labute approximate surface area is 756 Å². The number of likely N-dealkylation sites (N-methyl/N-ethyl adjacent to an activating group) is 1. The Morgan fingerprint density at radius 2 is 0.715 bits per heavy atom. The fourth-order valence-corrected chi connectivity index (χ4v) is 23.9. The Morgan fingerprint density at radius 1 is 0.392 bits per heavy atom. The number of carbonyl (C=O) groups is 4. The van der Waals surface area contributed by atoms with Crippen molar-refractivity contribution in [3.8, 4) is 0 Å².